The summed E-state index contributed by atoms with van der Waals surface area (Å²) >= 11 is 0. The van der Waals surface area contributed by atoms with E-state index in [1.807, 2.05) is 0 Å². The molecule has 0 aliphatic rings. The van der Waals surface area contributed by atoms with Gasteiger partial charge < -0.3 is 4.42 Å². The zero-order chi connectivity index (χ0) is 30.9. The van der Waals surface area contributed by atoms with Crippen LogP contribution in [0.3, 0.4) is 0 Å². The van der Waals surface area contributed by atoms with Crippen LogP contribution in [0.25, 0.3) is 98.4 Å². The van der Waals surface area contributed by atoms with Gasteiger partial charge in [0, 0.05) is 16.2 Å². The standard InChI is InChI=1S/C46H28O/c1-3-17-33-29(12-1)14-10-24-36(33)44-39-21-7-5-19-37(39)43(38-20-6-8-22-40(38)44)32-16-9-15-31(28-32)34-23-11-25-42-45(34)41-27-26-30-13-2-4-18-35(30)46(41)47-42/h1-28H. The van der Waals surface area contributed by atoms with E-state index in [0.29, 0.717) is 0 Å². The molecule has 0 amide bonds. The number of furan rings is 1. The van der Waals surface area contributed by atoms with E-state index in [9.17, 15) is 0 Å². The molecule has 9 aromatic carbocycles. The molecule has 0 aliphatic heterocycles. The Morgan fingerprint density at radius 1 is 0.319 bits per heavy atom. The molecule has 0 saturated heterocycles. The maximum absolute atomic E-state index is 6.54. The first-order valence-electron chi connectivity index (χ1n) is 16.2. The van der Waals surface area contributed by atoms with Crippen LogP contribution in [0.4, 0.5) is 0 Å². The molecular weight excluding hydrogens is 569 g/mol. The topological polar surface area (TPSA) is 13.1 Å². The fourth-order valence-corrected chi connectivity index (χ4v) is 7.81. The Hall–Kier alpha value is -6.18. The van der Waals surface area contributed by atoms with Gasteiger partial charge in [0.25, 0.3) is 0 Å². The molecule has 0 bridgehead atoms. The molecule has 0 saturated carbocycles. The van der Waals surface area contributed by atoms with Crippen molar-refractivity contribution in [2.24, 2.45) is 0 Å². The third kappa shape index (κ3) is 3.90. The van der Waals surface area contributed by atoms with E-state index in [-0.39, 0.29) is 0 Å². The SMILES string of the molecule is c1cc(-c2c3ccccc3c(-c3cccc4ccccc34)c3ccccc23)cc(-c2cccc3oc4c5ccccc5ccc4c23)c1. The molecule has 0 radical (unpaired) electrons. The van der Waals surface area contributed by atoms with Crippen molar-refractivity contribution in [1.82, 2.24) is 0 Å². The van der Waals surface area contributed by atoms with Gasteiger partial charge in [-0.3, -0.25) is 0 Å². The number of rotatable bonds is 3. The molecule has 1 nitrogen and oxygen atoms in total. The first-order chi connectivity index (χ1) is 23.3. The van der Waals surface area contributed by atoms with Gasteiger partial charge in [-0.1, -0.05) is 152 Å². The minimum atomic E-state index is 0.912. The molecule has 47 heavy (non-hydrogen) atoms. The van der Waals surface area contributed by atoms with Crippen molar-refractivity contribution in [1.29, 1.82) is 0 Å². The molecule has 0 spiro atoms. The minimum Gasteiger partial charge on any atom is -0.455 e. The van der Waals surface area contributed by atoms with Crippen LogP contribution in [-0.2, 0) is 0 Å². The van der Waals surface area contributed by atoms with Crippen molar-refractivity contribution in [2.75, 3.05) is 0 Å². The summed E-state index contributed by atoms with van der Waals surface area (Å²) in [5.41, 5.74) is 9.23. The van der Waals surface area contributed by atoms with Gasteiger partial charge in [-0.25, -0.2) is 0 Å². The van der Waals surface area contributed by atoms with E-state index in [1.165, 1.54) is 71.1 Å². The van der Waals surface area contributed by atoms with Crippen LogP contribution in [0.2, 0.25) is 0 Å². The van der Waals surface area contributed by atoms with Gasteiger partial charge in [0.05, 0.1) is 0 Å². The van der Waals surface area contributed by atoms with E-state index in [2.05, 4.69) is 170 Å². The van der Waals surface area contributed by atoms with Crippen LogP contribution in [0.15, 0.2) is 174 Å². The zero-order valence-electron chi connectivity index (χ0n) is 25.6. The van der Waals surface area contributed by atoms with Crippen molar-refractivity contribution in [2.45, 2.75) is 0 Å². The number of hydrogen-bond donors (Lipinski definition) is 0. The smallest absolute Gasteiger partial charge is 0.143 e. The highest BCUT2D eigenvalue weighted by molar-refractivity contribution is 6.24. The number of hydrogen-bond acceptors (Lipinski definition) is 1. The Bertz CT molecular complexity index is 2790. The number of benzene rings is 9. The maximum Gasteiger partial charge on any atom is 0.143 e. The summed E-state index contributed by atoms with van der Waals surface area (Å²) in [6.45, 7) is 0. The summed E-state index contributed by atoms with van der Waals surface area (Å²) in [5, 5.41) is 12.2. The Morgan fingerprint density at radius 3 is 1.60 bits per heavy atom. The highest BCUT2D eigenvalue weighted by Crippen LogP contribution is 2.46. The first-order valence-corrected chi connectivity index (χ1v) is 16.2. The summed E-state index contributed by atoms with van der Waals surface area (Å²) in [7, 11) is 0. The van der Waals surface area contributed by atoms with Crippen molar-refractivity contribution in [3.8, 4) is 33.4 Å². The third-order valence-electron chi connectivity index (χ3n) is 9.84. The van der Waals surface area contributed by atoms with Crippen molar-refractivity contribution in [3.05, 3.63) is 170 Å². The van der Waals surface area contributed by atoms with E-state index in [0.717, 1.165) is 27.3 Å². The van der Waals surface area contributed by atoms with Gasteiger partial charge in [0.2, 0.25) is 0 Å². The van der Waals surface area contributed by atoms with Crippen LogP contribution in [0, 0.1) is 0 Å². The second-order valence-corrected chi connectivity index (χ2v) is 12.4. The van der Waals surface area contributed by atoms with Crippen molar-refractivity contribution >= 4 is 65.0 Å². The molecule has 1 heteroatoms. The normalized spacial score (nSPS) is 11.8. The Balaban J connectivity index is 1.25. The molecular formula is C46H28O. The molecule has 10 rings (SSSR count). The molecule has 10 aromatic rings. The Labute approximate surface area is 271 Å². The fraction of sp³-hybridized carbons (Fsp3) is 0. The van der Waals surface area contributed by atoms with E-state index >= 15 is 0 Å². The maximum atomic E-state index is 6.54. The molecule has 0 aliphatic carbocycles. The molecule has 0 unspecified atom stereocenters. The van der Waals surface area contributed by atoms with Gasteiger partial charge in [0.15, 0.2) is 0 Å². The molecule has 218 valence electrons. The molecule has 1 aromatic heterocycles. The van der Waals surface area contributed by atoms with Crippen LogP contribution >= 0.6 is 0 Å². The molecule has 0 N–H and O–H groups in total. The van der Waals surface area contributed by atoms with Crippen LogP contribution < -0.4 is 0 Å². The summed E-state index contributed by atoms with van der Waals surface area (Å²) in [4.78, 5) is 0. The highest BCUT2D eigenvalue weighted by atomic mass is 16.3. The number of fused-ring (bicyclic) bond motifs is 8. The van der Waals surface area contributed by atoms with E-state index < -0.39 is 0 Å². The van der Waals surface area contributed by atoms with Crippen molar-refractivity contribution in [3.63, 3.8) is 0 Å². The predicted octanol–water partition coefficient (Wildman–Crippen LogP) is 13.2. The van der Waals surface area contributed by atoms with Crippen molar-refractivity contribution < 1.29 is 4.42 Å². The van der Waals surface area contributed by atoms with Gasteiger partial charge in [0.1, 0.15) is 11.2 Å². The lowest BCUT2D eigenvalue weighted by atomic mass is 9.84. The summed E-state index contributed by atoms with van der Waals surface area (Å²) in [5.74, 6) is 0. The largest absolute Gasteiger partial charge is 0.455 e. The lowest BCUT2D eigenvalue weighted by molar-refractivity contribution is 0.673. The second-order valence-electron chi connectivity index (χ2n) is 12.4. The van der Waals surface area contributed by atoms with E-state index in [4.69, 9.17) is 4.42 Å². The fourth-order valence-electron chi connectivity index (χ4n) is 7.81. The zero-order valence-corrected chi connectivity index (χ0v) is 25.6. The molecule has 0 fully saturated rings. The third-order valence-corrected chi connectivity index (χ3v) is 9.84. The van der Waals surface area contributed by atoms with Gasteiger partial charge in [-0.05, 0) is 89.3 Å². The van der Waals surface area contributed by atoms with Gasteiger partial charge in [-0.2, -0.15) is 0 Å². The van der Waals surface area contributed by atoms with Crippen LogP contribution in [-0.4, -0.2) is 0 Å². The summed E-state index contributed by atoms with van der Waals surface area (Å²) in [6, 6.07) is 61.5. The lowest BCUT2D eigenvalue weighted by Gasteiger charge is -2.19. The van der Waals surface area contributed by atoms with E-state index in [1.54, 1.807) is 0 Å². The Morgan fingerprint density at radius 2 is 0.851 bits per heavy atom. The first kappa shape index (κ1) is 26.1. The molecule has 1 heterocycles. The predicted molar refractivity (Wildman–Crippen MR) is 200 cm³/mol. The average molecular weight is 597 g/mol. The lowest BCUT2D eigenvalue weighted by Crippen LogP contribution is -1.92. The average Bonchev–Trinajstić information content (AvgIpc) is 3.53. The second kappa shape index (κ2) is 10.2. The Kier molecular flexibility index (Phi) is 5.64. The summed E-state index contributed by atoms with van der Waals surface area (Å²) in [6.07, 6.45) is 0. The molecule has 0 atom stereocenters. The van der Waals surface area contributed by atoms with Gasteiger partial charge >= 0.3 is 0 Å². The monoisotopic (exact) mass is 596 g/mol. The quantitative estimate of drug-likeness (QED) is 0.185. The highest BCUT2D eigenvalue weighted by Gasteiger charge is 2.19. The van der Waals surface area contributed by atoms with Gasteiger partial charge in [-0.15, -0.1) is 0 Å². The minimum absolute atomic E-state index is 0.912. The summed E-state index contributed by atoms with van der Waals surface area (Å²) < 4.78 is 6.54. The van der Waals surface area contributed by atoms with Crippen LogP contribution in [0.1, 0.15) is 0 Å². The van der Waals surface area contributed by atoms with Crippen LogP contribution in [0.5, 0.6) is 0 Å².